The van der Waals surface area contributed by atoms with Crippen molar-refractivity contribution in [1.82, 2.24) is 4.90 Å². The summed E-state index contributed by atoms with van der Waals surface area (Å²) in [4.78, 5) is 14.5. The smallest absolute Gasteiger partial charge is 0.336 e. The van der Waals surface area contributed by atoms with E-state index in [0.29, 0.717) is 11.5 Å². The predicted molar refractivity (Wildman–Crippen MR) is 98.1 cm³/mol. The van der Waals surface area contributed by atoms with Crippen LogP contribution in [0.25, 0.3) is 11.0 Å². The van der Waals surface area contributed by atoms with Gasteiger partial charge in [-0.25, -0.2) is 4.79 Å². The average molecular weight is 355 g/mol. The van der Waals surface area contributed by atoms with E-state index in [0.717, 1.165) is 49.0 Å². The molecule has 5 rings (SSSR count). The van der Waals surface area contributed by atoms with E-state index in [-0.39, 0.29) is 29.9 Å². The Morgan fingerprint density at radius 1 is 1.31 bits per heavy atom. The molecule has 0 unspecified atom stereocenters. The minimum Gasteiger partial charge on any atom is -0.422 e. The summed E-state index contributed by atoms with van der Waals surface area (Å²) in [5.74, 6) is 0.664. The second-order valence-corrected chi connectivity index (χ2v) is 8.43. The number of aryl methyl sites for hydroxylation is 2. The molecule has 1 spiro atoms. The highest BCUT2D eigenvalue weighted by Crippen LogP contribution is 2.54. The topological polar surface area (TPSA) is 62.9 Å². The molecule has 0 saturated carbocycles. The molecule has 5 nitrogen and oxygen atoms in total. The van der Waals surface area contributed by atoms with E-state index in [9.17, 15) is 9.90 Å². The number of nitrogens with zero attached hydrogens (tertiary/aromatic N) is 1. The maximum Gasteiger partial charge on any atom is 0.336 e. The molecule has 4 heterocycles. The average Bonchev–Trinajstić information content (AvgIpc) is 3.22. The van der Waals surface area contributed by atoms with E-state index in [2.05, 4.69) is 17.9 Å². The molecule has 1 N–H and O–H groups in total. The molecule has 3 fully saturated rings. The quantitative estimate of drug-likeness (QED) is 0.857. The van der Waals surface area contributed by atoms with Crippen molar-refractivity contribution in [3.05, 3.63) is 45.3 Å². The molecule has 1 aromatic heterocycles. The predicted octanol–water partition coefficient (Wildman–Crippen LogP) is 2.38. The zero-order valence-electron chi connectivity index (χ0n) is 15.3. The summed E-state index contributed by atoms with van der Waals surface area (Å²) in [5.41, 5.74) is 3.51. The van der Waals surface area contributed by atoms with E-state index in [1.54, 1.807) is 6.07 Å². The van der Waals surface area contributed by atoms with Crippen molar-refractivity contribution in [2.24, 2.45) is 11.8 Å². The van der Waals surface area contributed by atoms with Crippen LogP contribution in [0, 0.1) is 25.7 Å². The second kappa shape index (κ2) is 5.65. The summed E-state index contributed by atoms with van der Waals surface area (Å²) in [6, 6.07) is 5.79. The van der Waals surface area contributed by atoms with E-state index in [4.69, 9.17) is 9.15 Å². The zero-order chi connectivity index (χ0) is 18.1. The number of likely N-dealkylation sites (tertiary alicyclic amines) is 1. The molecule has 3 saturated heterocycles. The van der Waals surface area contributed by atoms with Gasteiger partial charge >= 0.3 is 5.63 Å². The summed E-state index contributed by atoms with van der Waals surface area (Å²) < 4.78 is 11.8. The van der Waals surface area contributed by atoms with Crippen LogP contribution in [0.4, 0.5) is 0 Å². The number of benzene rings is 1. The van der Waals surface area contributed by atoms with Crippen LogP contribution < -0.4 is 5.63 Å². The van der Waals surface area contributed by atoms with Gasteiger partial charge in [-0.1, -0.05) is 6.07 Å². The van der Waals surface area contributed by atoms with Gasteiger partial charge in [-0.05, 0) is 49.4 Å². The van der Waals surface area contributed by atoms with Crippen molar-refractivity contribution in [3.8, 4) is 0 Å². The molecule has 26 heavy (non-hydrogen) atoms. The monoisotopic (exact) mass is 355 g/mol. The fourth-order valence-electron chi connectivity index (χ4n) is 5.70. The largest absolute Gasteiger partial charge is 0.422 e. The van der Waals surface area contributed by atoms with Crippen molar-refractivity contribution in [2.75, 3.05) is 19.7 Å². The molecule has 0 amide bonds. The first-order valence-electron chi connectivity index (χ1n) is 9.54. The van der Waals surface area contributed by atoms with Crippen LogP contribution in [0.1, 0.15) is 29.5 Å². The lowest BCUT2D eigenvalue weighted by atomic mass is 9.74. The standard InChI is InChI=1S/C21H25NO4/c1-12-5-13(2)20-15(6-12)14(7-19(24)25-20)8-22-9-17-16(10-23)18-3-4-21(17,11-22)26-18/h5-7,16-18,23H,3-4,8-11H2,1-2H3/t16-,17+,18+,21+/m1/s1. The fourth-order valence-corrected chi connectivity index (χ4v) is 5.70. The van der Waals surface area contributed by atoms with Crippen molar-refractivity contribution in [2.45, 2.75) is 44.9 Å². The van der Waals surface area contributed by atoms with Gasteiger partial charge in [-0.3, -0.25) is 4.90 Å². The Morgan fingerprint density at radius 2 is 2.15 bits per heavy atom. The molecule has 3 aliphatic rings. The molecule has 4 atom stereocenters. The van der Waals surface area contributed by atoms with Gasteiger partial charge < -0.3 is 14.3 Å². The van der Waals surface area contributed by atoms with Gasteiger partial charge in [0.1, 0.15) is 5.58 Å². The highest BCUT2D eigenvalue weighted by Gasteiger charge is 2.62. The van der Waals surface area contributed by atoms with E-state index < -0.39 is 0 Å². The first kappa shape index (κ1) is 16.5. The lowest BCUT2D eigenvalue weighted by Gasteiger charge is -2.28. The maximum atomic E-state index is 12.1. The molecule has 1 aromatic carbocycles. The SMILES string of the molecule is Cc1cc(C)c2oc(=O)cc(CN3C[C@H]4[C@@H](CO)[C@@H]5CC[C@@]4(C3)O5)c2c1. The first-order chi connectivity index (χ1) is 12.5. The number of rotatable bonds is 3. The molecule has 3 aliphatic heterocycles. The number of aliphatic hydroxyl groups excluding tert-OH is 1. The summed E-state index contributed by atoms with van der Waals surface area (Å²) >= 11 is 0. The van der Waals surface area contributed by atoms with Gasteiger partial charge in [0, 0.05) is 49.5 Å². The van der Waals surface area contributed by atoms with E-state index in [1.165, 1.54) is 5.56 Å². The Balaban J connectivity index is 1.49. The number of aliphatic hydroxyl groups is 1. The van der Waals surface area contributed by atoms with Crippen LogP contribution in [0.2, 0.25) is 0 Å². The molecule has 138 valence electrons. The van der Waals surface area contributed by atoms with Crippen molar-refractivity contribution >= 4 is 11.0 Å². The van der Waals surface area contributed by atoms with E-state index in [1.807, 2.05) is 13.0 Å². The molecule has 5 heteroatoms. The van der Waals surface area contributed by atoms with Crippen LogP contribution in [0.15, 0.2) is 27.4 Å². The zero-order valence-corrected chi connectivity index (χ0v) is 15.3. The Bertz CT molecular complexity index is 935. The number of hydrogen-bond donors (Lipinski definition) is 1. The summed E-state index contributed by atoms with van der Waals surface area (Å²) in [5, 5.41) is 10.8. The number of ether oxygens (including phenoxy) is 1. The third-order valence-electron chi connectivity index (χ3n) is 6.72. The van der Waals surface area contributed by atoms with Gasteiger partial charge in [0.2, 0.25) is 0 Å². The van der Waals surface area contributed by atoms with Crippen LogP contribution >= 0.6 is 0 Å². The van der Waals surface area contributed by atoms with E-state index >= 15 is 0 Å². The molecule has 2 aromatic rings. The lowest BCUT2D eigenvalue weighted by Crippen LogP contribution is -2.37. The molecule has 0 radical (unpaired) electrons. The van der Waals surface area contributed by atoms with Crippen molar-refractivity contribution < 1.29 is 14.3 Å². The normalized spacial score (nSPS) is 33.3. The second-order valence-electron chi connectivity index (χ2n) is 8.43. The Morgan fingerprint density at radius 3 is 2.96 bits per heavy atom. The molecule has 0 aliphatic carbocycles. The highest BCUT2D eigenvalue weighted by molar-refractivity contribution is 5.83. The molecular weight excluding hydrogens is 330 g/mol. The Kier molecular flexibility index (Phi) is 3.58. The minimum atomic E-state index is -0.289. The molecule has 2 bridgehead atoms. The number of hydrogen-bond acceptors (Lipinski definition) is 5. The minimum absolute atomic E-state index is 0.0842. The van der Waals surface area contributed by atoms with Crippen LogP contribution in [0.5, 0.6) is 0 Å². The Hall–Kier alpha value is -1.69. The number of fused-ring (bicyclic) bond motifs is 2. The third-order valence-corrected chi connectivity index (χ3v) is 6.72. The summed E-state index contributed by atoms with van der Waals surface area (Å²) in [6.45, 7) is 6.79. The van der Waals surface area contributed by atoms with Crippen molar-refractivity contribution in [1.29, 1.82) is 0 Å². The first-order valence-corrected chi connectivity index (χ1v) is 9.54. The lowest BCUT2D eigenvalue weighted by molar-refractivity contribution is 0.000404. The van der Waals surface area contributed by atoms with Crippen LogP contribution in [-0.4, -0.2) is 41.4 Å². The summed E-state index contributed by atoms with van der Waals surface area (Å²) in [7, 11) is 0. The van der Waals surface area contributed by atoms with Gasteiger partial charge in [0.15, 0.2) is 0 Å². The Labute approximate surface area is 152 Å². The molecular formula is C21H25NO4. The van der Waals surface area contributed by atoms with Gasteiger partial charge in [0.05, 0.1) is 11.7 Å². The van der Waals surface area contributed by atoms with Crippen molar-refractivity contribution in [3.63, 3.8) is 0 Å². The summed E-state index contributed by atoms with van der Waals surface area (Å²) in [6.07, 6.45) is 2.39. The van der Waals surface area contributed by atoms with Gasteiger partial charge in [-0.15, -0.1) is 0 Å². The van der Waals surface area contributed by atoms with Gasteiger partial charge in [0.25, 0.3) is 0 Å². The van der Waals surface area contributed by atoms with Gasteiger partial charge in [-0.2, -0.15) is 0 Å². The third kappa shape index (κ3) is 2.30. The maximum absolute atomic E-state index is 12.1. The fraction of sp³-hybridized carbons (Fsp3) is 0.571. The van der Waals surface area contributed by atoms with Crippen LogP contribution in [0.3, 0.4) is 0 Å². The van der Waals surface area contributed by atoms with Crippen LogP contribution in [-0.2, 0) is 11.3 Å². The highest BCUT2D eigenvalue weighted by atomic mass is 16.5.